The number of hydrogen-bond donors (Lipinski definition) is 1. The maximum atomic E-state index is 14.1. The molecule has 2 fully saturated rings. The van der Waals surface area contributed by atoms with Gasteiger partial charge in [-0.2, -0.15) is 17.2 Å². The van der Waals surface area contributed by atoms with Gasteiger partial charge in [0.2, 0.25) is 23.0 Å². The van der Waals surface area contributed by atoms with E-state index in [4.69, 9.17) is 9.29 Å². The van der Waals surface area contributed by atoms with Gasteiger partial charge in [-0.05, 0) is 19.8 Å². The van der Waals surface area contributed by atoms with Crippen molar-refractivity contribution in [3.8, 4) is 5.75 Å². The molecule has 1 aliphatic heterocycles. The van der Waals surface area contributed by atoms with Crippen LogP contribution in [0.15, 0.2) is 4.90 Å². The van der Waals surface area contributed by atoms with Crippen molar-refractivity contribution in [2.75, 3.05) is 0 Å². The van der Waals surface area contributed by atoms with E-state index in [2.05, 4.69) is 4.74 Å². The van der Waals surface area contributed by atoms with E-state index in [1.807, 2.05) is 0 Å². The second kappa shape index (κ2) is 5.66. The number of carbonyl (C=O) groups is 2. The molecule has 1 aromatic carbocycles. The van der Waals surface area contributed by atoms with Gasteiger partial charge in [-0.15, -0.1) is 0 Å². The molecule has 2 bridgehead atoms. The van der Waals surface area contributed by atoms with Gasteiger partial charge in [-0.25, -0.2) is 13.6 Å². The molecule has 28 heavy (non-hydrogen) atoms. The predicted octanol–water partition coefficient (Wildman–Crippen LogP) is 2.52. The molecule has 2 atom stereocenters. The number of halogens is 4. The van der Waals surface area contributed by atoms with Crippen LogP contribution in [-0.2, 0) is 24.4 Å². The molecule has 1 saturated heterocycles. The standard InChI is InChI=1S/C16H14F4O7S/c1-14(2)15(3)4-5-16(14,27-12(15)21)13(22)26-10-6(17)8(19)11(28(23,24)25)9(20)7(10)18/h4-5H2,1-3H3,(H,23,24,25). The summed E-state index contributed by atoms with van der Waals surface area (Å²) in [7, 11) is -5.65. The largest absolute Gasteiger partial charge is 0.446 e. The summed E-state index contributed by atoms with van der Waals surface area (Å²) >= 11 is 0. The molecule has 2 aliphatic rings. The zero-order chi connectivity index (χ0) is 21.4. The summed E-state index contributed by atoms with van der Waals surface area (Å²) in [6.45, 7) is 4.54. The van der Waals surface area contributed by atoms with Crippen LogP contribution in [0.25, 0.3) is 0 Å². The van der Waals surface area contributed by atoms with E-state index < -0.39 is 72.4 Å². The van der Waals surface area contributed by atoms with Crippen LogP contribution < -0.4 is 4.74 Å². The Bertz CT molecular complexity index is 1010. The Morgan fingerprint density at radius 2 is 1.54 bits per heavy atom. The van der Waals surface area contributed by atoms with Crippen LogP contribution >= 0.6 is 0 Å². The fraction of sp³-hybridized carbons (Fsp3) is 0.500. The SMILES string of the molecule is CC12CCC(C(=O)Oc3c(F)c(F)c(S(=O)(=O)O)c(F)c3F)(OC1=O)C2(C)C. The molecule has 12 heteroatoms. The highest BCUT2D eigenvalue weighted by atomic mass is 32.2. The van der Waals surface area contributed by atoms with Gasteiger partial charge in [0.1, 0.15) is 0 Å². The maximum Gasteiger partial charge on any atom is 0.356 e. The molecule has 1 aliphatic carbocycles. The average molecular weight is 426 g/mol. The van der Waals surface area contributed by atoms with Crippen molar-refractivity contribution < 1.29 is 49.6 Å². The second-order valence-electron chi connectivity index (χ2n) is 7.45. The van der Waals surface area contributed by atoms with Crippen LogP contribution in [0, 0.1) is 34.1 Å². The molecule has 1 heterocycles. The van der Waals surface area contributed by atoms with Gasteiger partial charge in [0.15, 0.2) is 16.5 Å². The predicted molar refractivity (Wildman–Crippen MR) is 81.7 cm³/mol. The molecular formula is C16H14F4O7S. The zero-order valence-electron chi connectivity index (χ0n) is 14.7. The van der Waals surface area contributed by atoms with Crippen molar-refractivity contribution in [1.82, 2.24) is 0 Å². The average Bonchev–Trinajstić information content (AvgIpc) is 2.86. The summed E-state index contributed by atoms with van der Waals surface area (Å²) in [5.41, 5.74) is -4.21. The topological polar surface area (TPSA) is 107 Å². The maximum absolute atomic E-state index is 14.1. The number of fused-ring (bicyclic) bond motifs is 2. The monoisotopic (exact) mass is 426 g/mol. The van der Waals surface area contributed by atoms with Crippen molar-refractivity contribution in [3.63, 3.8) is 0 Å². The Balaban J connectivity index is 2.09. The first-order valence-corrected chi connectivity index (χ1v) is 9.35. The van der Waals surface area contributed by atoms with Crippen molar-refractivity contribution >= 4 is 22.1 Å². The highest BCUT2D eigenvalue weighted by molar-refractivity contribution is 7.85. The van der Waals surface area contributed by atoms with Crippen LogP contribution in [0.1, 0.15) is 33.6 Å². The third kappa shape index (κ3) is 2.27. The molecule has 3 rings (SSSR count). The van der Waals surface area contributed by atoms with Gasteiger partial charge < -0.3 is 9.47 Å². The number of hydrogen-bond acceptors (Lipinski definition) is 6. The van der Waals surface area contributed by atoms with E-state index in [-0.39, 0.29) is 12.8 Å². The van der Waals surface area contributed by atoms with Gasteiger partial charge >= 0.3 is 22.1 Å². The van der Waals surface area contributed by atoms with E-state index in [9.17, 15) is 35.6 Å². The molecule has 1 saturated carbocycles. The van der Waals surface area contributed by atoms with Crippen molar-refractivity contribution in [3.05, 3.63) is 23.3 Å². The van der Waals surface area contributed by atoms with E-state index in [0.29, 0.717) is 0 Å². The Morgan fingerprint density at radius 1 is 1.04 bits per heavy atom. The molecule has 154 valence electrons. The summed E-state index contributed by atoms with van der Waals surface area (Å²) in [4.78, 5) is 22.5. The Labute approximate surface area is 156 Å². The molecule has 1 aromatic rings. The first-order valence-electron chi connectivity index (χ1n) is 7.91. The van der Waals surface area contributed by atoms with E-state index in [0.717, 1.165) is 0 Å². The van der Waals surface area contributed by atoms with Crippen LogP contribution in [0.4, 0.5) is 17.6 Å². The molecular weight excluding hydrogens is 412 g/mol. The van der Waals surface area contributed by atoms with Gasteiger partial charge in [0.25, 0.3) is 0 Å². The normalized spacial score (nSPS) is 28.4. The summed E-state index contributed by atoms with van der Waals surface area (Å²) in [6.07, 6.45) is 0.141. The summed E-state index contributed by atoms with van der Waals surface area (Å²) in [5.74, 6) is -13.7. The number of benzene rings is 1. The third-order valence-electron chi connectivity index (χ3n) is 6.05. The molecule has 2 unspecified atom stereocenters. The zero-order valence-corrected chi connectivity index (χ0v) is 15.5. The summed E-state index contributed by atoms with van der Waals surface area (Å²) < 4.78 is 96.3. The quantitative estimate of drug-likeness (QED) is 0.260. The smallest absolute Gasteiger partial charge is 0.356 e. The minimum atomic E-state index is -5.65. The highest BCUT2D eigenvalue weighted by Crippen LogP contribution is 2.65. The highest BCUT2D eigenvalue weighted by Gasteiger charge is 2.76. The van der Waals surface area contributed by atoms with Crippen molar-refractivity contribution in [2.24, 2.45) is 10.8 Å². The summed E-state index contributed by atoms with van der Waals surface area (Å²) in [6, 6.07) is 0. The van der Waals surface area contributed by atoms with Crippen LogP contribution in [0.5, 0.6) is 5.75 Å². The van der Waals surface area contributed by atoms with Gasteiger partial charge in [0.05, 0.1) is 5.41 Å². The first kappa shape index (κ1) is 20.5. The molecule has 7 nitrogen and oxygen atoms in total. The summed E-state index contributed by atoms with van der Waals surface area (Å²) in [5, 5.41) is 0. The van der Waals surface area contributed by atoms with Crippen LogP contribution in [0.3, 0.4) is 0 Å². The van der Waals surface area contributed by atoms with Crippen molar-refractivity contribution in [1.29, 1.82) is 0 Å². The Hall–Kier alpha value is -2.21. The number of esters is 2. The Kier molecular flexibility index (Phi) is 4.15. The first-order chi connectivity index (χ1) is 12.6. The minimum Gasteiger partial charge on any atom is -0.446 e. The fourth-order valence-electron chi connectivity index (χ4n) is 3.78. The molecule has 0 spiro atoms. The van der Waals surface area contributed by atoms with Crippen LogP contribution in [0.2, 0.25) is 0 Å². The van der Waals surface area contributed by atoms with Crippen molar-refractivity contribution in [2.45, 2.75) is 44.1 Å². The van der Waals surface area contributed by atoms with E-state index >= 15 is 0 Å². The minimum absolute atomic E-state index is 0.0572. The number of rotatable bonds is 3. The molecule has 1 N–H and O–H groups in total. The molecule has 0 radical (unpaired) electrons. The van der Waals surface area contributed by atoms with Gasteiger partial charge in [0, 0.05) is 5.41 Å². The lowest BCUT2D eigenvalue weighted by molar-refractivity contribution is -0.176. The molecule has 0 aromatic heterocycles. The second-order valence-corrected chi connectivity index (χ2v) is 8.81. The van der Waals surface area contributed by atoms with Crippen LogP contribution in [-0.4, -0.2) is 30.5 Å². The number of ether oxygens (including phenoxy) is 2. The van der Waals surface area contributed by atoms with E-state index in [1.54, 1.807) is 6.92 Å². The third-order valence-corrected chi connectivity index (χ3v) is 6.92. The van der Waals surface area contributed by atoms with Gasteiger partial charge in [-0.3, -0.25) is 9.35 Å². The van der Waals surface area contributed by atoms with Gasteiger partial charge in [-0.1, -0.05) is 13.8 Å². The lowest BCUT2D eigenvalue weighted by atomic mass is 9.66. The molecule has 0 amide bonds. The lowest BCUT2D eigenvalue weighted by Crippen LogP contribution is -2.50. The van der Waals surface area contributed by atoms with E-state index in [1.165, 1.54) is 13.8 Å². The number of carbonyl (C=O) groups excluding carboxylic acids is 2. The lowest BCUT2D eigenvalue weighted by Gasteiger charge is -2.34. The Morgan fingerprint density at radius 3 is 1.89 bits per heavy atom. The fourth-order valence-corrected chi connectivity index (χ4v) is 4.42.